The molecule has 0 bridgehead atoms. The number of H-pyrrole nitrogens is 1. The number of ether oxygens (including phenoxy) is 1. The lowest BCUT2D eigenvalue weighted by atomic mass is 10.00. The summed E-state index contributed by atoms with van der Waals surface area (Å²) < 4.78 is 5.95. The molecule has 6 nitrogen and oxygen atoms in total. The summed E-state index contributed by atoms with van der Waals surface area (Å²) in [6.45, 7) is 1.19. The normalized spacial score (nSPS) is 16.3. The van der Waals surface area contributed by atoms with Gasteiger partial charge in [-0.25, -0.2) is 0 Å². The monoisotopic (exact) mass is 315 g/mol. The number of halogens is 1. The summed E-state index contributed by atoms with van der Waals surface area (Å²) in [4.78, 5) is 26.2. The van der Waals surface area contributed by atoms with E-state index in [0.29, 0.717) is 31.7 Å². The van der Waals surface area contributed by atoms with Gasteiger partial charge >= 0.3 is 0 Å². The molecule has 0 radical (unpaired) electrons. The van der Waals surface area contributed by atoms with Crippen molar-refractivity contribution in [2.75, 3.05) is 13.2 Å². The highest BCUT2D eigenvalue weighted by atomic mass is 79.9. The van der Waals surface area contributed by atoms with E-state index in [1.807, 2.05) is 0 Å². The number of carbonyl (C=O) groups excluding carboxylic acids is 2. The van der Waals surface area contributed by atoms with Crippen LogP contribution in [0.3, 0.4) is 0 Å². The van der Waals surface area contributed by atoms with E-state index in [-0.39, 0.29) is 17.7 Å². The van der Waals surface area contributed by atoms with Gasteiger partial charge in [0.2, 0.25) is 5.91 Å². The first-order valence-electron chi connectivity index (χ1n) is 5.68. The highest BCUT2D eigenvalue weighted by Gasteiger charge is 2.22. The summed E-state index contributed by atoms with van der Waals surface area (Å²) in [7, 11) is 0. The predicted molar refractivity (Wildman–Crippen MR) is 67.6 cm³/mol. The molecule has 2 amide bonds. The lowest BCUT2D eigenvalue weighted by Gasteiger charge is -2.21. The molecule has 0 aromatic carbocycles. The highest BCUT2D eigenvalue weighted by molar-refractivity contribution is 9.10. The zero-order valence-corrected chi connectivity index (χ0v) is 11.2. The maximum absolute atomic E-state index is 11.7. The van der Waals surface area contributed by atoms with Crippen LogP contribution in [-0.2, 0) is 9.53 Å². The van der Waals surface area contributed by atoms with Crippen LogP contribution in [0, 0.1) is 5.92 Å². The molecule has 0 atom stereocenters. The number of rotatable bonds is 2. The fraction of sp³-hybridized carbons (Fsp3) is 0.455. The second-order valence-electron chi connectivity index (χ2n) is 4.06. The molecule has 1 aromatic rings. The first-order valence-corrected chi connectivity index (χ1v) is 6.48. The van der Waals surface area contributed by atoms with Gasteiger partial charge in [-0.05, 0) is 34.8 Å². The molecule has 0 saturated carbocycles. The van der Waals surface area contributed by atoms with Crippen LogP contribution in [0.4, 0.5) is 0 Å². The number of hydrogen-bond donors (Lipinski definition) is 3. The molecule has 0 spiro atoms. The van der Waals surface area contributed by atoms with Gasteiger partial charge in [0.1, 0.15) is 5.69 Å². The average Bonchev–Trinajstić information content (AvgIpc) is 2.83. The Bertz CT molecular complexity index is 440. The van der Waals surface area contributed by atoms with E-state index in [2.05, 4.69) is 31.8 Å². The van der Waals surface area contributed by atoms with Crippen LogP contribution >= 0.6 is 15.9 Å². The van der Waals surface area contributed by atoms with Crippen molar-refractivity contribution < 1.29 is 14.3 Å². The fourth-order valence-electron chi connectivity index (χ4n) is 1.75. The largest absolute Gasteiger partial charge is 0.381 e. The number of carbonyl (C=O) groups is 2. The minimum Gasteiger partial charge on any atom is -0.381 e. The van der Waals surface area contributed by atoms with Gasteiger partial charge in [0, 0.05) is 29.8 Å². The quantitative estimate of drug-likeness (QED) is 0.711. The molecule has 2 rings (SSSR count). The van der Waals surface area contributed by atoms with E-state index < -0.39 is 0 Å². The van der Waals surface area contributed by atoms with Crippen molar-refractivity contribution in [1.29, 1.82) is 0 Å². The van der Waals surface area contributed by atoms with Crippen molar-refractivity contribution in [3.05, 3.63) is 22.4 Å². The number of amides is 2. The SMILES string of the molecule is O=C(NNC(=O)C1CCOCC1)c1cc(Br)c[nH]1. The van der Waals surface area contributed by atoms with Gasteiger partial charge in [-0.3, -0.25) is 20.4 Å². The van der Waals surface area contributed by atoms with Gasteiger partial charge in [0.05, 0.1) is 0 Å². The van der Waals surface area contributed by atoms with Gasteiger partial charge < -0.3 is 9.72 Å². The summed E-state index contributed by atoms with van der Waals surface area (Å²) in [5, 5.41) is 0. The number of hydrazine groups is 1. The van der Waals surface area contributed by atoms with Crippen LogP contribution in [0.5, 0.6) is 0 Å². The van der Waals surface area contributed by atoms with E-state index >= 15 is 0 Å². The molecule has 1 aliphatic rings. The average molecular weight is 316 g/mol. The first kappa shape index (κ1) is 13.1. The Hall–Kier alpha value is -1.34. The lowest BCUT2D eigenvalue weighted by molar-refractivity contribution is -0.128. The zero-order chi connectivity index (χ0) is 13.0. The van der Waals surface area contributed by atoms with E-state index in [1.165, 1.54) is 0 Å². The number of hydrogen-bond acceptors (Lipinski definition) is 3. The van der Waals surface area contributed by atoms with E-state index in [1.54, 1.807) is 12.3 Å². The molecule has 98 valence electrons. The molecule has 2 heterocycles. The smallest absolute Gasteiger partial charge is 0.286 e. The Morgan fingerprint density at radius 2 is 2.06 bits per heavy atom. The molecule has 18 heavy (non-hydrogen) atoms. The maximum atomic E-state index is 11.7. The maximum Gasteiger partial charge on any atom is 0.286 e. The van der Waals surface area contributed by atoms with Crippen LogP contribution in [0.25, 0.3) is 0 Å². The fourth-order valence-corrected chi connectivity index (χ4v) is 2.09. The molecule has 7 heteroatoms. The highest BCUT2D eigenvalue weighted by Crippen LogP contribution is 2.14. The Morgan fingerprint density at radius 1 is 1.33 bits per heavy atom. The molecule has 0 unspecified atom stereocenters. The lowest BCUT2D eigenvalue weighted by Crippen LogP contribution is -2.45. The van der Waals surface area contributed by atoms with Crippen molar-refractivity contribution in [2.45, 2.75) is 12.8 Å². The van der Waals surface area contributed by atoms with Crippen LogP contribution in [0.1, 0.15) is 23.3 Å². The van der Waals surface area contributed by atoms with Crippen molar-refractivity contribution >= 4 is 27.7 Å². The Morgan fingerprint density at radius 3 is 2.67 bits per heavy atom. The third kappa shape index (κ3) is 3.33. The summed E-state index contributed by atoms with van der Waals surface area (Å²) in [5.41, 5.74) is 5.19. The van der Waals surface area contributed by atoms with Crippen LogP contribution in [0.2, 0.25) is 0 Å². The van der Waals surface area contributed by atoms with Gasteiger partial charge in [0.15, 0.2) is 0 Å². The number of nitrogens with one attached hydrogen (secondary N) is 3. The molecule has 3 N–H and O–H groups in total. The molecule has 1 fully saturated rings. The van der Waals surface area contributed by atoms with Crippen molar-refractivity contribution in [2.24, 2.45) is 5.92 Å². The molecule has 0 aliphatic carbocycles. The summed E-state index contributed by atoms with van der Waals surface area (Å²) in [6.07, 6.45) is 3.03. The van der Waals surface area contributed by atoms with Gasteiger partial charge in [-0.1, -0.05) is 0 Å². The molecular weight excluding hydrogens is 302 g/mol. The third-order valence-corrected chi connectivity index (χ3v) is 3.24. The molecule has 1 aliphatic heterocycles. The Balaban J connectivity index is 1.80. The minimum absolute atomic E-state index is 0.0885. The minimum atomic E-state index is -0.374. The first-order chi connectivity index (χ1) is 8.66. The summed E-state index contributed by atoms with van der Waals surface area (Å²) in [5.74, 6) is -0.632. The summed E-state index contributed by atoms with van der Waals surface area (Å²) >= 11 is 3.23. The second-order valence-corrected chi connectivity index (χ2v) is 4.98. The van der Waals surface area contributed by atoms with Crippen LogP contribution < -0.4 is 10.9 Å². The number of aromatic amines is 1. The summed E-state index contributed by atoms with van der Waals surface area (Å²) in [6, 6.07) is 1.63. The van der Waals surface area contributed by atoms with Crippen molar-refractivity contribution in [3.63, 3.8) is 0 Å². The second kappa shape index (κ2) is 6.01. The Kier molecular flexibility index (Phi) is 4.38. The molecule has 1 aromatic heterocycles. The van der Waals surface area contributed by atoms with Crippen LogP contribution in [0.15, 0.2) is 16.7 Å². The van der Waals surface area contributed by atoms with Gasteiger partial charge in [-0.2, -0.15) is 0 Å². The van der Waals surface area contributed by atoms with Crippen LogP contribution in [-0.4, -0.2) is 30.0 Å². The van der Waals surface area contributed by atoms with E-state index in [9.17, 15) is 9.59 Å². The van der Waals surface area contributed by atoms with Crippen molar-refractivity contribution in [3.8, 4) is 0 Å². The van der Waals surface area contributed by atoms with Gasteiger partial charge in [0.25, 0.3) is 5.91 Å². The van der Waals surface area contributed by atoms with Crippen molar-refractivity contribution in [1.82, 2.24) is 15.8 Å². The molecular formula is C11H14BrN3O3. The standard InChI is InChI=1S/C11H14BrN3O3/c12-8-5-9(13-6-8)11(17)15-14-10(16)7-1-3-18-4-2-7/h5-7,13H,1-4H2,(H,14,16)(H,15,17). The Labute approximate surface area is 113 Å². The van der Waals surface area contributed by atoms with E-state index in [0.717, 1.165) is 4.47 Å². The zero-order valence-electron chi connectivity index (χ0n) is 9.66. The predicted octanol–water partition coefficient (Wildman–Crippen LogP) is 0.965. The third-order valence-electron chi connectivity index (χ3n) is 2.78. The van der Waals surface area contributed by atoms with E-state index in [4.69, 9.17) is 4.74 Å². The number of aromatic nitrogens is 1. The van der Waals surface area contributed by atoms with Gasteiger partial charge in [-0.15, -0.1) is 0 Å². The molecule has 1 saturated heterocycles. The topological polar surface area (TPSA) is 83.2 Å².